The largest absolute Gasteiger partial charge is 0.358 e. The van der Waals surface area contributed by atoms with Gasteiger partial charge in [-0.3, -0.25) is 0 Å². The highest BCUT2D eigenvalue weighted by atomic mass is 16.6. The van der Waals surface area contributed by atoms with Crippen molar-refractivity contribution in [2.45, 2.75) is 38.4 Å². The van der Waals surface area contributed by atoms with Gasteiger partial charge in [0.1, 0.15) is 6.10 Å². The average molecular weight is 128 g/mol. The number of rotatable bonds is 3. The van der Waals surface area contributed by atoms with E-state index in [1.54, 1.807) is 0 Å². The summed E-state index contributed by atoms with van der Waals surface area (Å²) in [6.07, 6.45) is 2.85. The summed E-state index contributed by atoms with van der Waals surface area (Å²) in [7, 11) is 0. The Balaban J connectivity index is 2.33. The van der Waals surface area contributed by atoms with Crippen LogP contribution in [0.4, 0.5) is 0 Å². The maximum absolute atomic E-state index is 10.1. The minimum absolute atomic E-state index is 0.101. The molecule has 0 N–H and O–H groups in total. The predicted octanol–water partition coefficient (Wildman–Crippen LogP) is 1.14. The molecule has 0 bridgehead atoms. The molecule has 0 aliphatic carbocycles. The van der Waals surface area contributed by atoms with E-state index in [1.165, 1.54) is 0 Å². The van der Waals surface area contributed by atoms with Gasteiger partial charge < -0.3 is 9.53 Å². The Morgan fingerprint density at radius 3 is 2.78 bits per heavy atom. The van der Waals surface area contributed by atoms with Crippen molar-refractivity contribution in [1.82, 2.24) is 0 Å². The number of carbonyl (C=O) groups is 1. The summed E-state index contributed by atoms with van der Waals surface area (Å²) in [5.41, 5.74) is -0.101. The summed E-state index contributed by atoms with van der Waals surface area (Å²) in [6.45, 7) is 4.07. The quantitative estimate of drug-likeness (QED) is 0.421. The molecule has 1 saturated heterocycles. The van der Waals surface area contributed by atoms with Crippen molar-refractivity contribution in [2.75, 3.05) is 0 Å². The van der Waals surface area contributed by atoms with Gasteiger partial charge in [-0.25, -0.2) is 0 Å². The molecule has 0 amide bonds. The fourth-order valence-corrected chi connectivity index (χ4v) is 1.13. The van der Waals surface area contributed by atoms with Crippen LogP contribution >= 0.6 is 0 Å². The fraction of sp³-hybridized carbons (Fsp3) is 0.857. The Hall–Kier alpha value is -0.370. The van der Waals surface area contributed by atoms with Gasteiger partial charge in [0.25, 0.3) is 0 Å². The molecule has 2 atom stereocenters. The predicted molar refractivity (Wildman–Crippen MR) is 34.2 cm³/mol. The van der Waals surface area contributed by atoms with Crippen LogP contribution in [0.2, 0.25) is 0 Å². The molecule has 0 aromatic rings. The van der Waals surface area contributed by atoms with Gasteiger partial charge in [0, 0.05) is 0 Å². The van der Waals surface area contributed by atoms with Crippen LogP contribution in [-0.4, -0.2) is 18.0 Å². The lowest BCUT2D eigenvalue weighted by Crippen LogP contribution is -2.09. The Kier molecular flexibility index (Phi) is 1.58. The number of aldehydes is 1. The van der Waals surface area contributed by atoms with E-state index >= 15 is 0 Å². The third-order valence-electron chi connectivity index (χ3n) is 1.81. The number of ether oxygens (including phenoxy) is 1. The monoisotopic (exact) mass is 128 g/mol. The topological polar surface area (TPSA) is 29.6 Å². The molecule has 1 aliphatic heterocycles. The molecule has 0 unspecified atom stereocenters. The van der Waals surface area contributed by atoms with Crippen molar-refractivity contribution in [2.24, 2.45) is 0 Å². The zero-order valence-electron chi connectivity index (χ0n) is 5.89. The van der Waals surface area contributed by atoms with Crippen molar-refractivity contribution >= 4 is 6.29 Å². The van der Waals surface area contributed by atoms with Gasteiger partial charge in [0.2, 0.25) is 0 Å². The Bertz CT molecular complexity index is 122. The Morgan fingerprint density at radius 2 is 2.44 bits per heavy atom. The molecule has 2 heteroatoms. The van der Waals surface area contributed by atoms with Crippen LogP contribution in [0.15, 0.2) is 0 Å². The molecule has 9 heavy (non-hydrogen) atoms. The molecule has 52 valence electrons. The molecule has 0 saturated carbocycles. The van der Waals surface area contributed by atoms with E-state index in [1.807, 2.05) is 6.92 Å². The van der Waals surface area contributed by atoms with Crippen molar-refractivity contribution in [3.05, 3.63) is 0 Å². The lowest BCUT2D eigenvalue weighted by Gasteiger charge is -1.98. The van der Waals surface area contributed by atoms with Gasteiger partial charge in [-0.15, -0.1) is 0 Å². The second kappa shape index (κ2) is 2.10. The van der Waals surface area contributed by atoms with E-state index < -0.39 is 0 Å². The second-order valence-corrected chi connectivity index (χ2v) is 2.74. The standard InChI is InChI=1S/C7H12O2/c1-3-4-7(2)6(5-8)9-7/h5-6H,3-4H2,1-2H3/t6-,7+/m1/s1. The minimum Gasteiger partial charge on any atom is -0.358 e. The van der Waals surface area contributed by atoms with E-state index in [9.17, 15) is 4.79 Å². The van der Waals surface area contributed by atoms with Crippen LogP contribution < -0.4 is 0 Å². The van der Waals surface area contributed by atoms with Crippen molar-refractivity contribution in [1.29, 1.82) is 0 Å². The molecule has 0 aromatic heterocycles. The summed E-state index contributed by atoms with van der Waals surface area (Å²) in [6, 6.07) is 0. The van der Waals surface area contributed by atoms with Crippen LogP contribution in [0.5, 0.6) is 0 Å². The third kappa shape index (κ3) is 1.13. The van der Waals surface area contributed by atoms with Gasteiger partial charge >= 0.3 is 0 Å². The zero-order chi connectivity index (χ0) is 6.91. The van der Waals surface area contributed by atoms with Crippen molar-refractivity contribution in [3.8, 4) is 0 Å². The minimum atomic E-state index is -0.113. The van der Waals surface area contributed by atoms with Crippen LogP contribution in [0.1, 0.15) is 26.7 Å². The van der Waals surface area contributed by atoms with E-state index in [2.05, 4.69) is 6.92 Å². The number of epoxide rings is 1. The van der Waals surface area contributed by atoms with Gasteiger partial charge in [-0.05, 0) is 13.3 Å². The van der Waals surface area contributed by atoms with Crippen LogP contribution in [0.3, 0.4) is 0 Å². The summed E-state index contributed by atoms with van der Waals surface area (Å²) in [5, 5.41) is 0. The highest BCUT2D eigenvalue weighted by Crippen LogP contribution is 2.38. The molecule has 0 spiro atoms. The fourth-order valence-electron chi connectivity index (χ4n) is 1.13. The highest BCUT2D eigenvalue weighted by Gasteiger charge is 2.51. The Morgan fingerprint density at radius 1 is 1.78 bits per heavy atom. The van der Waals surface area contributed by atoms with Crippen LogP contribution in [-0.2, 0) is 9.53 Å². The average Bonchev–Trinajstić information content (AvgIpc) is 2.43. The van der Waals surface area contributed by atoms with Crippen molar-refractivity contribution in [3.63, 3.8) is 0 Å². The maximum Gasteiger partial charge on any atom is 0.151 e. The van der Waals surface area contributed by atoms with E-state index in [-0.39, 0.29) is 11.7 Å². The normalized spacial score (nSPS) is 40.4. The van der Waals surface area contributed by atoms with Crippen molar-refractivity contribution < 1.29 is 9.53 Å². The van der Waals surface area contributed by atoms with Gasteiger partial charge in [-0.1, -0.05) is 13.3 Å². The number of carbonyl (C=O) groups excluding carboxylic acids is 1. The number of hydrogen-bond donors (Lipinski definition) is 0. The first kappa shape index (κ1) is 6.75. The number of hydrogen-bond acceptors (Lipinski definition) is 2. The summed E-state index contributed by atoms with van der Waals surface area (Å²) in [4.78, 5) is 10.1. The molecule has 0 radical (unpaired) electrons. The summed E-state index contributed by atoms with van der Waals surface area (Å²) in [5.74, 6) is 0. The maximum atomic E-state index is 10.1. The van der Waals surface area contributed by atoms with E-state index in [4.69, 9.17) is 4.74 Å². The summed E-state index contributed by atoms with van der Waals surface area (Å²) >= 11 is 0. The zero-order valence-corrected chi connectivity index (χ0v) is 5.89. The van der Waals surface area contributed by atoms with Gasteiger partial charge in [-0.2, -0.15) is 0 Å². The Labute approximate surface area is 55.2 Å². The molecular weight excluding hydrogens is 116 g/mol. The molecule has 2 nitrogen and oxygen atoms in total. The first-order chi connectivity index (χ1) is 4.23. The second-order valence-electron chi connectivity index (χ2n) is 2.74. The van der Waals surface area contributed by atoms with E-state index in [0.717, 1.165) is 19.1 Å². The molecule has 1 fully saturated rings. The summed E-state index contributed by atoms with van der Waals surface area (Å²) < 4.78 is 5.13. The SMILES string of the molecule is CCC[C@]1(C)O[C@@H]1C=O. The molecule has 1 heterocycles. The van der Waals surface area contributed by atoms with E-state index in [0.29, 0.717) is 0 Å². The first-order valence-electron chi connectivity index (χ1n) is 3.36. The lowest BCUT2D eigenvalue weighted by molar-refractivity contribution is -0.108. The van der Waals surface area contributed by atoms with Gasteiger partial charge in [0.05, 0.1) is 5.60 Å². The molecular formula is C7H12O2. The van der Waals surface area contributed by atoms with Crippen LogP contribution in [0.25, 0.3) is 0 Å². The first-order valence-corrected chi connectivity index (χ1v) is 3.36. The van der Waals surface area contributed by atoms with Gasteiger partial charge in [0.15, 0.2) is 6.29 Å². The molecule has 0 aromatic carbocycles. The lowest BCUT2D eigenvalue weighted by atomic mass is 10.0. The molecule has 1 rings (SSSR count). The van der Waals surface area contributed by atoms with Crippen LogP contribution in [0, 0.1) is 0 Å². The third-order valence-corrected chi connectivity index (χ3v) is 1.81. The molecule has 1 aliphatic rings. The smallest absolute Gasteiger partial charge is 0.151 e. The highest BCUT2D eigenvalue weighted by molar-refractivity contribution is 5.62.